The van der Waals surface area contributed by atoms with Crippen molar-refractivity contribution in [1.29, 1.82) is 0 Å². The lowest BCUT2D eigenvalue weighted by Crippen LogP contribution is -2.51. The Morgan fingerprint density at radius 2 is 1.64 bits per heavy atom. The van der Waals surface area contributed by atoms with Crippen molar-refractivity contribution in [3.8, 4) is 0 Å². The van der Waals surface area contributed by atoms with Gasteiger partial charge >= 0.3 is 0 Å². The fraction of sp³-hybridized carbons (Fsp3) is 0.417. The van der Waals surface area contributed by atoms with Gasteiger partial charge in [-0.3, -0.25) is 9.59 Å². The van der Waals surface area contributed by atoms with Crippen LogP contribution < -0.4 is 5.32 Å². The molecule has 0 radical (unpaired) electrons. The molecule has 2 aromatic rings. The molecule has 0 aliphatic rings. The van der Waals surface area contributed by atoms with Crippen LogP contribution in [0.4, 0.5) is 0 Å². The second-order valence-electron chi connectivity index (χ2n) is 7.41. The van der Waals surface area contributed by atoms with E-state index in [0.717, 1.165) is 23.1 Å². The molecule has 0 heterocycles. The first-order valence-corrected chi connectivity index (χ1v) is 10.1. The Balaban J connectivity index is 2.26. The fourth-order valence-electron chi connectivity index (χ4n) is 3.24. The molecule has 2 rings (SSSR count). The van der Waals surface area contributed by atoms with Crippen LogP contribution in [-0.4, -0.2) is 28.8 Å². The lowest BCUT2D eigenvalue weighted by atomic mass is 10.0. The molecule has 150 valence electrons. The molecule has 0 aliphatic heterocycles. The van der Waals surface area contributed by atoms with Crippen molar-refractivity contribution >= 4 is 11.8 Å². The van der Waals surface area contributed by atoms with Crippen LogP contribution in [0.25, 0.3) is 0 Å². The van der Waals surface area contributed by atoms with E-state index in [4.69, 9.17) is 0 Å². The first-order valence-electron chi connectivity index (χ1n) is 10.1. The van der Waals surface area contributed by atoms with E-state index in [1.54, 1.807) is 4.90 Å². The third-order valence-corrected chi connectivity index (χ3v) is 5.02. The Kier molecular flexibility index (Phi) is 8.24. The highest BCUT2D eigenvalue weighted by molar-refractivity contribution is 5.88. The summed E-state index contributed by atoms with van der Waals surface area (Å²) >= 11 is 0. The molecular weight excluding hydrogens is 348 g/mol. The van der Waals surface area contributed by atoms with Gasteiger partial charge in [0.2, 0.25) is 11.8 Å². The molecule has 2 aromatic carbocycles. The summed E-state index contributed by atoms with van der Waals surface area (Å²) in [7, 11) is 0. The lowest BCUT2D eigenvalue weighted by molar-refractivity contribution is -0.141. The van der Waals surface area contributed by atoms with Crippen LogP contribution in [-0.2, 0) is 22.6 Å². The Hall–Kier alpha value is -2.62. The molecule has 0 fully saturated rings. The van der Waals surface area contributed by atoms with Crippen LogP contribution in [0.15, 0.2) is 54.6 Å². The summed E-state index contributed by atoms with van der Waals surface area (Å²) in [6.45, 7) is 8.43. The SMILES string of the molecule is CC[C@H](C)NC(=O)[C@H](CC)N(Cc1ccccc1)C(=O)Cc1cccc(C)c1. The second kappa shape index (κ2) is 10.6. The van der Waals surface area contributed by atoms with E-state index in [1.165, 1.54) is 0 Å². The first kappa shape index (κ1) is 21.7. The van der Waals surface area contributed by atoms with Crippen molar-refractivity contribution in [2.45, 2.75) is 65.6 Å². The molecule has 0 unspecified atom stereocenters. The molecular formula is C24H32N2O2. The molecule has 4 nitrogen and oxygen atoms in total. The first-order chi connectivity index (χ1) is 13.4. The van der Waals surface area contributed by atoms with E-state index in [1.807, 2.05) is 82.3 Å². The van der Waals surface area contributed by atoms with Gasteiger partial charge in [-0.25, -0.2) is 0 Å². The summed E-state index contributed by atoms with van der Waals surface area (Å²) in [6.07, 6.45) is 1.73. The van der Waals surface area contributed by atoms with E-state index in [9.17, 15) is 9.59 Å². The number of rotatable bonds is 9. The number of carbonyl (C=O) groups excluding carboxylic acids is 2. The van der Waals surface area contributed by atoms with Gasteiger partial charge in [0, 0.05) is 12.6 Å². The van der Waals surface area contributed by atoms with Gasteiger partial charge in [0.15, 0.2) is 0 Å². The fourth-order valence-corrected chi connectivity index (χ4v) is 3.24. The summed E-state index contributed by atoms with van der Waals surface area (Å²) in [5.41, 5.74) is 3.12. The second-order valence-corrected chi connectivity index (χ2v) is 7.41. The van der Waals surface area contributed by atoms with Crippen LogP contribution in [0.2, 0.25) is 0 Å². The predicted molar refractivity (Wildman–Crippen MR) is 114 cm³/mol. The van der Waals surface area contributed by atoms with Crippen LogP contribution >= 0.6 is 0 Å². The minimum absolute atomic E-state index is 0.0272. The topological polar surface area (TPSA) is 49.4 Å². The van der Waals surface area contributed by atoms with Crippen molar-refractivity contribution < 1.29 is 9.59 Å². The quantitative estimate of drug-likeness (QED) is 0.707. The van der Waals surface area contributed by atoms with Crippen molar-refractivity contribution in [2.75, 3.05) is 0 Å². The third-order valence-electron chi connectivity index (χ3n) is 5.02. The Morgan fingerprint density at radius 1 is 0.964 bits per heavy atom. The standard InChI is InChI=1S/C24H32N2O2/c1-5-19(4)25-24(28)22(6-2)26(17-20-12-8-7-9-13-20)23(27)16-21-14-10-11-18(3)15-21/h7-15,19,22H,5-6,16-17H2,1-4H3,(H,25,28)/t19-,22-/m0/s1. The van der Waals surface area contributed by atoms with Crippen molar-refractivity contribution in [2.24, 2.45) is 0 Å². The van der Waals surface area contributed by atoms with Gasteiger partial charge in [-0.05, 0) is 37.8 Å². The Morgan fingerprint density at radius 3 is 2.25 bits per heavy atom. The van der Waals surface area contributed by atoms with E-state index < -0.39 is 6.04 Å². The molecule has 0 aliphatic carbocycles. The number of nitrogens with zero attached hydrogens (tertiary/aromatic N) is 1. The number of amides is 2. The van der Waals surface area contributed by atoms with Gasteiger partial charge in [0.1, 0.15) is 6.04 Å². The minimum Gasteiger partial charge on any atom is -0.352 e. The smallest absolute Gasteiger partial charge is 0.243 e. The number of nitrogens with one attached hydrogen (secondary N) is 1. The normalized spacial score (nSPS) is 12.9. The van der Waals surface area contributed by atoms with Gasteiger partial charge in [-0.15, -0.1) is 0 Å². The van der Waals surface area contributed by atoms with Gasteiger partial charge < -0.3 is 10.2 Å². The molecule has 2 amide bonds. The predicted octanol–water partition coefficient (Wildman–Crippen LogP) is 4.26. The summed E-state index contributed by atoms with van der Waals surface area (Å²) in [4.78, 5) is 27.8. The van der Waals surface area contributed by atoms with Crippen LogP contribution in [0.5, 0.6) is 0 Å². The largest absolute Gasteiger partial charge is 0.352 e. The van der Waals surface area contributed by atoms with E-state index in [2.05, 4.69) is 5.32 Å². The van der Waals surface area contributed by atoms with E-state index in [-0.39, 0.29) is 17.9 Å². The monoisotopic (exact) mass is 380 g/mol. The molecule has 0 saturated heterocycles. The van der Waals surface area contributed by atoms with E-state index in [0.29, 0.717) is 19.4 Å². The summed E-state index contributed by atoms with van der Waals surface area (Å²) in [6, 6.07) is 17.4. The van der Waals surface area contributed by atoms with Gasteiger partial charge in [0.05, 0.1) is 6.42 Å². The van der Waals surface area contributed by atoms with Crippen molar-refractivity contribution in [1.82, 2.24) is 10.2 Å². The van der Waals surface area contributed by atoms with Gasteiger partial charge in [-0.2, -0.15) is 0 Å². The molecule has 28 heavy (non-hydrogen) atoms. The number of hydrogen-bond donors (Lipinski definition) is 1. The lowest BCUT2D eigenvalue weighted by Gasteiger charge is -2.31. The van der Waals surface area contributed by atoms with Crippen molar-refractivity contribution in [3.05, 3.63) is 71.3 Å². The summed E-state index contributed by atoms with van der Waals surface area (Å²) in [5, 5.41) is 3.04. The van der Waals surface area contributed by atoms with Gasteiger partial charge in [-0.1, -0.05) is 74.0 Å². The molecule has 4 heteroatoms. The highest BCUT2D eigenvalue weighted by Gasteiger charge is 2.29. The zero-order valence-electron chi connectivity index (χ0n) is 17.4. The summed E-state index contributed by atoms with van der Waals surface area (Å²) < 4.78 is 0. The van der Waals surface area contributed by atoms with Crippen molar-refractivity contribution in [3.63, 3.8) is 0 Å². The summed E-state index contributed by atoms with van der Waals surface area (Å²) in [5.74, 6) is -0.106. The Labute approximate surface area is 169 Å². The molecule has 1 N–H and O–H groups in total. The van der Waals surface area contributed by atoms with Crippen LogP contribution in [0.1, 0.15) is 50.3 Å². The van der Waals surface area contributed by atoms with Crippen LogP contribution in [0.3, 0.4) is 0 Å². The third kappa shape index (κ3) is 6.22. The van der Waals surface area contributed by atoms with Gasteiger partial charge in [0.25, 0.3) is 0 Å². The maximum absolute atomic E-state index is 13.2. The number of carbonyl (C=O) groups is 2. The zero-order chi connectivity index (χ0) is 20.5. The van der Waals surface area contributed by atoms with Crippen LogP contribution in [0, 0.1) is 6.92 Å². The molecule has 0 saturated carbocycles. The molecule has 2 atom stereocenters. The minimum atomic E-state index is -0.480. The number of benzene rings is 2. The maximum Gasteiger partial charge on any atom is 0.243 e. The Bertz CT molecular complexity index is 773. The molecule has 0 aromatic heterocycles. The number of aryl methyl sites for hydroxylation is 1. The zero-order valence-corrected chi connectivity index (χ0v) is 17.4. The van der Waals surface area contributed by atoms with E-state index >= 15 is 0 Å². The highest BCUT2D eigenvalue weighted by Crippen LogP contribution is 2.15. The average molecular weight is 381 g/mol. The molecule has 0 spiro atoms. The highest BCUT2D eigenvalue weighted by atomic mass is 16.2. The maximum atomic E-state index is 13.2. The average Bonchev–Trinajstić information content (AvgIpc) is 2.68. The number of hydrogen-bond acceptors (Lipinski definition) is 2. The molecule has 0 bridgehead atoms.